The van der Waals surface area contributed by atoms with Crippen molar-refractivity contribution in [1.82, 2.24) is 4.98 Å². The Hall–Kier alpha value is -2.24. The highest BCUT2D eigenvalue weighted by Crippen LogP contribution is 2.30. The summed E-state index contributed by atoms with van der Waals surface area (Å²) in [5.41, 5.74) is 1.07. The summed E-state index contributed by atoms with van der Waals surface area (Å²) in [4.78, 5) is 18.7. The molecule has 0 saturated carbocycles. The Bertz CT molecular complexity index is 928. The fraction of sp³-hybridized carbons (Fsp3) is 0.400. The number of thiazole rings is 1. The van der Waals surface area contributed by atoms with Crippen molar-refractivity contribution in [1.29, 1.82) is 0 Å². The zero-order valence-corrected chi connectivity index (χ0v) is 15.8. The number of aryl methyl sites for hydroxylation is 1. The quantitative estimate of drug-likeness (QED) is 0.615. The number of nitrogens with two attached hydrogens (primary N) is 1. The molecule has 2 heterocycles. The van der Waals surface area contributed by atoms with Crippen LogP contribution in [0.2, 0.25) is 0 Å². The number of primary sulfonamides is 1. The van der Waals surface area contributed by atoms with E-state index in [4.69, 9.17) is 5.14 Å². The predicted octanol–water partition coefficient (Wildman–Crippen LogP) is 1.72. The largest absolute Gasteiger partial charge is 0.369 e. The summed E-state index contributed by atoms with van der Waals surface area (Å²) in [5.74, 6) is 0. The van der Waals surface area contributed by atoms with Gasteiger partial charge in [0.25, 0.3) is 5.69 Å². The van der Waals surface area contributed by atoms with Crippen LogP contribution < -0.4 is 14.9 Å². The second-order valence-corrected chi connectivity index (χ2v) is 8.42. The van der Waals surface area contributed by atoms with E-state index in [-0.39, 0.29) is 10.6 Å². The number of nitrogens with zero attached hydrogens (tertiary/aromatic N) is 4. The van der Waals surface area contributed by atoms with Gasteiger partial charge in [-0.15, -0.1) is 11.3 Å². The van der Waals surface area contributed by atoms with E-state index in [1.54, 1.807) is 11.3 Å². The number of hydrogen-bond acceptors (Lipinski definition) is 8. The van der Waals surface area contributed by atoms with Crippen LogP contribution in [0.4, 0.5) is 16.5 Å². The molecule has 1 aromatic carbocycles. The first-order valence-electron chi connectivity index (χ1n) is 7.99. The molecule has 0 aliphatic carbocycles. The average molecular weight is 397 g/mol. The maximum atomic E-state index is 12.0. The smallest absolute Gasteiger partial charge is 0.270 e. The zero-order chi connectivity index (χ0) is 18.9. The monoisotopic (exact) mass is 397 g/mol. The Morgan fingerprint density at radius 3 is 2.54 bits per heavy atom. The van der Waals surface area contributed by atoms with Crippen molar-refractivity contribution in [3.05, 3.63) is 39.4 Å². The van der Waals surface area contributed by atoms with E-state index >= 15 is 0 Å². The summed E-state index contributed by atoms with van der Waals surface area (Å²) < 4.78 is 23.9. The van der Waals surface area contributed by atoms with Gasteiger partial charge in [-0.1, -0.05) is 0 Å². The molecular weight excluding hydrogens is 378 g/mol. The highest BCUT2D eigenvalue weighted by Gasteiger charge is 2.25. The van der Waals surface area contributed by atoms with Crippen molar-refractivity contribution < 1.29 is 13.3 Å². The van der Waals surface area contributed by atoms with Crippen molar-refractivity contribution in [2.45, 2.75) is 18.2 Å². The van der Waals surface area contributed by atoms with E-state index < -0.39 is 14.9 Å². The molecule has 3 rings (SSSR count). The maximum absolute atomic E-state index is 12.0. The Labute approximate surface area is 155 Å². The normalized spacial score (nSPS) is 15.8. The SMILES string of the molecule is Cc1csc(N2CCCN(c3ccc([N+](=O)[O-])cc3S(N)(=O)=O)CC2)n1. The molecule has 1 aliphatic rings. The summed E-state index contributed by atoms with van der Waals surface area (Å²) in [5, 5.41) is 19.2. The third-order valence-electron chi connectivity index (χ3n) is 4.17. The van der Waals surface area contributed by atoms with Crippen LogP contribution in [0, 0.1) is 17.0 Å². The lowest BCUT2D eigenvalue weighted by Gasteiger charge is -2.25. The van der Waals surface area contributed by atoms with Crippen LogP contribution >= 0.6 is 11.3 Å². The van der Waals surface area contributed by atoms with E-state index in [0.29, 0.717) is 25.3 Å². The van der Waals surface area contributed by atoms with Gasteiger partial charge in [0.1, 0.15) is 4.90 Å². The van der Waals surface area contributed by atoms with E-state index in [9.17, 15) is 18.5 Å². The Morgan fingerprint density at radius 2 is 1.92 bits per heavy atom. The minimum atomic E-state index is -4.08. The van der Waals surface area contributed by atoms with Crippen LogP contribution in [0.25, 0.3) is 0 Å². The first kappa shape index (κ1) is 18.5. The number of rotatable bonds is 4. The van der Waals surface area contributed by atoms with Gasteiger partial charge < -0.3 is 9.80 Å². The van der Waals surface area contributed by atoms with Gasteiger partial charge in [-0.05, 0) is 19.4 Å². The number of benzene rings is 1. The maximum Gasteiger partial charge on any atom is 0.270 e. The molecule has 0 amide bonds. The first-order valence-corrected chi connectivity index (χ1v) is 10.4. The lowest BCUT2D eigenvalue weighted by atomic mass is 10.2. The fourth-order valence-electron chi connectivity index (χ4n) is 2.94. The van der Waals surface area contributed by atoms with Gasteiger partial charge >= 0.3 is 0 Å². The van der Waals surface area contributed by atoms with Crippen LogP contribution in [0.1, 0.15) is 12.1 Å². The van der Waals surface area contributed by atoms with Crippen molar-refractivity contribution in [2.75, 3.05) is 36.0 Å². The second-order valence-electron chi connectivity index (χ2n) is 6.05. The second kappa shape index (κ2) is 7.17. The highest BCUT2D eigenvalue weighted by atomic mass is 32.2. The van der Waals surface area contributed by atoms with Crippen LogP contribution in [0.5, 0.6) is 0 Å². The molecule has 0 bridgehead atoms. The van der Waals surface area contributed by atoms with Crippen molar-refractivity contribution in [2.24, 2.45) is 5.14 Å². The lowest BCUT2D eigenvalue weighted by Crippen LogP contribution is -2.32. The van der Waals surface area contributed by atoms with Gasteiger partial charge in [0, 0.05) is 43.7 Å². The van der Waals surface area contributed by atoms with Crippen LogP contribution in [-0.2, 0) is 10.0 Å². The summed E-state index contributed by atoms with van der Waals surface area (Å²) in [6.07, 6.45) is 0.805. The van der Waals surface area contributed by atoms with E-state index in [2.05, 4.69) is 9.88 Å². The van der Waals surface area contributed by atoms with Crippen LogP contribution in [0.3, 0.4) is 0 Å². The third-order valence-corrected chi connectivity index (χ3v) is 6.13. The molecule has 1 saturated heterocycles. The first-order chi connectivity index (χ1) is 12.3. The molecule has 11 heteroatoms. The molecule has 26 heavy (non-hydrogen) atoms. The van der Waals surface area contributed by atoms with Gasteiger partial charge in [0.15, 0.2) is 5.13 Å². The number of aromatic nitrogens is 1. The topological polar surface area (TPSA) is 123 Å². The summed E-state index contributed by atoms with van der Waals surface area (Å²) in [6.45, 7) is 4.62. The molecule has 9 nitrogen and oxygen atoms in total. The number of hydrogen-bond donors (Lipinski definition) is 1. The molecule has 1 aliphatic heterocycles. The number of nitro benzene ring substituents is 1. The van der Waals surface area contributed by atoms with Crippen LogP contribution in [-0.4, -0.2) is 44.5 Å². The number of sulfonamides is 1. The summed E-state index contributed by atoms with van der Waals surface area (Å²) in [6, 6.07) is 3.79. The molecule has 0 unspecified atom stereocenters. The minimum absolute atomic E-state index is 0.217. The molecule has 0 radical (unpaired) electrons. The predicted molar refractivity (Wildman–Crippen MR) is 100 cm³/mol. The summed E-state index contributed by atoms with van der Waals surface area (Å²) in [7, 11) is -4.08. The Kier molecular flexibility index (Phi) is 5.12. The minimum Gasteiger partial charge on any atom is -0.369 e. The van der Waals surface area contributed by atoms with Gasteiger partial charge in [-0.2, -0.15) is 0 Å². The van der Waals surface area contributed by atoms with E-state index in [1.165, 1.54) is 12.1 Å². The molecule has 2 N–H and O–H groups in total. The molecular formula is C15H19N5O4S2. The molecule has 0 spiro atoms. The zero-order valence-electron chi connectivity index (χ0n) is 14.2. The van der Waals surface area contributed by atoms with E-state index in [1.807, 2.05) is 17.2 Å². The van der Waals surface area contributed by atoms with Gasteiger partial charge in [-0.3, -0.25) is 10.1 Å². The molecule has 2 aromatic rings. The van der Waals surface area contributed by atoms with Crippen molar-refractivity contribution in [3.8, 4) is 0 Å². The number of anilines is 2. The Morgan fingerprint density at radius 1 is 1.23 bits per heavy atom. The lowest BCUT2D eigenvalue weighted by molar-refractivity contribution is -0.385. The van der Waals surface area contributed by atoms with E-state index in [0.717, 1.165) is 29.9 Å². The molecule has 1 aromatic heterocycles. The van der Waals surface area contributed by atoms with Crippen LogP contribution in [0.15, 0.2) is 28.5 Å². The van der Waals surface area contributed by atoms with Gasteiger partial charge in [0.2, 0.25) is 10.0 Å². The standard InChI is InChI=1S/C15H19N5O4S2/c1-11-10-25-15(17-11)19-6-2-5-18(7-8-19)13-4-3-12(20(21)22)9-14(13)26(16,23)24/h3-4,9-10H,2,5-8H2,1H3,(H2,16,23,24). The number of non-ortho nitro benzene ring substituents is 1. The van der Waals surface area contributed by atoms with Gasteiger partial charge in [-0.25, -0.2) is 18.5 Å². The molecule has 0 atom stereocenters. The van der Waals surface area contributed by atoms with Crippen molar-refractivity contribution >= 4 is 37.9 Å². The fourth-order valence-corrected chi connectivity index (χ4v) is 4.57. The Balaban J connectivity index is 1.88. The third kappa shape index (κ3) is 3.94. The summed E-state index contributed by atoms with van der Waals surface area (Å²) >= 11 is 1.58. The molecule has 1 fully saturated rings. The highest BCUT2D eigenvalue weighted by molar-refractivity contribution is 7.89. The molecule has 140 valence electrons. The van der Waals surface area contributed by atoms with Gasteiger partial charge in [0.05, 0.1) is 16.3 Å². The number of nitro groups is 1. The average Bonchev–Trinajstić information content (AvgIpc) is 2.86. The van der Waals surface area contributed by atoms with Crippen molar-refractivity contribution in [3.63, 3.8) is 0 Å².